The Balaban J connectivity index is 2.19. The van der Waals surface area contributed by atoms with E-state index in [0.717, 1.165) is 36.0 Å². The maximum absolute atomic E-state index is 5.26. The summed E-state index contributed by atoms with van der Waals surface area (Å²) in [7, 11) is 3.71. The van der Waals surface area contributed by atoms with Crippen molar-refractivity contribution < 1.29 is 4.74 Å². The van der Waals surface area contributed by atoms with Crippen LogP contribution in [0.15, 0.2) is 30.6 Å². The summed E-state index contributed by atoms with van der Waals surface area (Å²) >= 11 is 0. The van der Waals surface area contributed by atoms with Gasteiger partial charge in [-0.2, -0.15) is 0 Å². The Morgan fingerprint density at radius 3 is 2.81 bits per heavy atom. The number of anilines is 2. The Morgan fingerprint density at radius 1 is 1.29 bits per heavy atom. The molecule has 1 aromatic heterocycles. The van der Waals surface area contributed by atoms with Crippen molar-refractivity contribution in [2.45, 2.75) is 20.4 Å². The highest BCUT2D eigenvalue weighted by molar-refractivity contribution is 5.57. The van der Waals surface area contributed by atoms with Crippen LogP contribution in [-0.4, -0.2) is 30.7 Å². The minimum atomic E-state index is 0.765. The van der Waals surface area contributed by atoms with Crippen molar-refractivity contribution in [2.24, 2.45) is 0 Å². The summed E-state index contributed by atoms with van der Waals surface area (Å²) in [5.41, 5.74) is 2.24. The number of methoxy groups -OCH3 is 1. The van der Waals surface area contributed by atoms with Crippen molar-refractivity contribution in [3.8, 4) is 5.75 Å². The summed E-state index contributed by atoms with van der Waals surface area (Å²) in [5.74, 6) is 2.69. The molecule has 0 fully saturated rings. The zero-order valence-corrected chi connectivity index (χ0v) is 13.1. The molecular weight excluding hydrogens is 264 g/mol. The molecule has 1 heterocycles. The zero-order chi connectivity index (χ0) is 15.2. The van der Waals surface area contributed by atoms with Gasteiger partial charge in [-0.3, -0.25) is 0 Å². The molecule has 5 heteroatoms. The molecule has 2 rings (SSSR count). The highest BCUT2D eigenvalue weighted by Gasteiger charge is 2.11. The Hall–Kier alpha value is -2.30. The van der Waals surface area contributed by atoms with Crippen LogP contribution in [0.4, 0.5) is 11.6 Å². The third-order valence-electron chi connectivity index (χ3n) is 3.32. The van der Waals surface area contributed by atoms with Crippen LogP contribution in [0, 0.1) is 6.92 Å². The van der Waals surface area contributed by atoms with Crippen LogP contribution >= 0.6 is 0 Å². The second-order valence-corrected chi connectivity index (χ2v) is 4.91. The van der Waals surface area contributed by atoms with Crippen LogP contribution in [0.25, 0.3) is 0 Å². The lowest BCUT2D eigenvalue weighted by atomic mass is 10.2. The van der Waals surface area contributed by atoms with E-state index in [1.807, 2.05) is 32.2 Å². The fourth-order valence-corrected chi connectivity index (χ4v) is 2.29. The van der Waals surface area contributed by atoms with E-state index in [2.05, 4.69) is 33.2 Å². The number of aromatic nitrogens is 2. The molecule has 0 aliphatic rings. The topological polar surface area (TPSA) is 50.3 Å². The maximum atomic E-state index is 5.26. The van der Waals surface area contributed by atoms with Gasteiger partial charge in [0.1, 0.15) is 23.7 Å². The van der Waals surface area contributed by atoms with Gasteiger partial charge in [0.05, 0.1) is 7.11 Å². The minimum absolute atomic E-state index is 0.765. The fourth-order valence-electron chi connectivity index (χ4n) is 2.29. The molecule has 5 nitrogen and oxygen atoms in total. The molecule has 0 spiro atoms. The van der Waals surface area contributed by atoms with E-state index in [-0.39, 0.29) is 0 Å². The van der Waals surface area contributed by atoms with Gasteiger partial charge in [0.15, 0.2) is 0 Å². The standard InChI is InChI=1S/C16H22N4O/c1-5-17-15-12(2)16(19-11-18-15)20(3)10-13-7-6-8-14(9-13)21-4/h6-9,11H,5,10H2,1-4H3,(H,17,18,19). The first-order valence-electron chi connectivity index (χ1n) is 7.05. The fraction of sp³-hybridized carbons (Fsp3) is 0.375. The molecule has 21 heavy (non-hydrogen) atoms. The van der Waals surface area contributed by atoms with Crippen LogP contribution in [0.1, 0.15) is 18.1 Å². The van der Waals surface area contributed by atoms with Gasteiger partial charge in [0.25, 0.3) is 0 Å². The molecule has 0 bridgehead atoms. The summed E-state index contributed by atoms with van der Waals surface area (Å²) in [6, 6.07) is 8.07. The van der Waals surface area contributed by atoms with Crippen LogP contribution in [0.2, 0.25) is 0 Å². The third kappa shape index (κ3) is 3.62. The quantitative estimate of drug-likeness (QED) is 0.885. The molecule has 112 valence electrons. The highest BCUT2D eigenvalue weighted by atomic mass is 16.5. The van der Waals surface area contributed by atoms with Gasteiger partial charge in [-0.15, -0.1) is 0 Å². The minimum Gasteiger partial charge on any atom is -0.497 e. The van der Waals surface area contributed by atoms with E-state index in [4.69, 9.17) is 4.74 Å². The molecule has 0 radical (unpaired) electrons. The van der Waals surface area contributed by atoms with Crippen LogP contribution in [0.3, 0.4) is 0 Å². The first-order valence-corrected chi connectivity index (χ1v) is 7.05. The van der Waals surface area contributed by atoms with Crippen molar-refractivity contribution >= 4 is 11.6 Å². The van der Waals surface area contributed by atoms with Crippen molar-refractivity contribution in [3.63, 3.8) is 0 Å². The highest BCUT2D eigenvalue weighted by Crippen LogP contribution is 2.23. The Labute approximate surface area is 126 Å². The van der Waals surface area contributed by atoms with Crippen LogP contribution in [-0.2, 0) is 6.54 Å². The second-order valence-electron chi connectivity index (χ2n) is 4.91. The first-order chi connectivity index (χ1) is 10.2. The first kappa shape index (κ1) is 15.1. The molecule has 0 unspecified atom stereocenters. The SMILES string of the molecule is CCNc1ncnc(N(C)Cc2cccc(OC)c2)c1C. The molecule has 1 N–H and O–H groups in total. The molecular formula is C16H22N4O. The van der Waals surface area contributed by atoms with Gasteiger partial charge >= 0.3 is 0 Å². The van der Waals surface area contributed by atoms with Gasteiger partial charge in [-0.05, 0) is 31.5 Å². The zero-order valence-electron chi connectivity index (χ0n) is 13.1. The molecule has 0 atom stereocenters. The second kappa shape index (κ2) is 6.92. The Morgan fingerprint density at radius 2 is 2.10 bits per heavy atom. The lowest BCUT2D eigenvalue weighted by Crippen LogP contribution is -2.20. The van der Waals surface area contributed by atoms with E-state index in [1.54, 1.807) is 13.4 Å². The molecule has 2 aromatic rings. The molecule has 1 aromatic carbocycles. The number of benzene rings is 1. The smallest absolute Gasteiger partial charge is 0.137 e. The average Bonchev–Trinajstić information content (AvgIpc) is 2.49. The predicted molar refractivity (Wildman–Crippen MR) is 86.0 cm³/mol. The average molecular weight is 286 g/mol. The molecule has 0 saturated heterocycles. The van der Waals surface area contributed by atoms with Gasteiger partial charge in [-0.1, -0.05) is 12.1 Å². The summed E-state index contributed by atoms with van der Waals surface area (Å²) in [5, 5.41) is 3.26. The lowest BCUT2D eigenvalue weighted by molar-refractivity contribution is 0.414. The normalized spacial score (nSPS) is 10.3. The van der Waals surface area contributed by atoms with E-state index >= 15 is 0 Å². The van der Waals surface area contributed by atoms with Crippen molar-refractivity contribution in [2.75, 3.05) is 30.9 Å². The molecule has 0 aliphatic carbocycles. The number of ether oxygens (including phenoxy) is 1. The van der Waals surface area contributed by atoms with Crippen molar-refractivity contribution in [1.29, 1.82) is 0 Å². The van der Waals surface area contributed by atoms with E-state index in [0.29, 0.717) is 0 Å². The van der Waals surface area contributed by atoms with E-state index in [9.17, 15) is 0 Å². The summed E-state index contributed by atoms with van der Waals surface area (Å²) < 4.78 is 5.26. The predicted octanol–water partition coefficient (Wildman–Crippen LogP) is 2.86. The molecule has 0 saturated carbocycles. The number of hydrogen-bond donors (Lipinski definition) is 1. The van der Waals surface area contributed by atoms with Crippen LogP contribution in [0.5, 0.6) is 5.75 Å². The van der Waals surface area contributed by atoms with Gasteiger partial charge in [0, 0.05) is 25.7 Å². The number of nitrogens with zero attached hydrogens (tertiary/aromatic N) is 3. The third-order valence-corrected chi connectivity index (χ3v) is 3.32. The summed E-state index contributed by atoms with van der Waals surface area (Å²) in [4.78, 5) is 10.8. The Bertz CT molecular complexity index is 601. The number of hydrogen-bond acceptors (Lipinski definition) is 5. The van der Waals surface area contributed by atoms with E-state index < -0.39 is 0 Å². The maximum Gasteiger partial charge on any atom is 0.137 e. The van der Waals surface area contributed by atoms with Gasteiger partial charge in [0.2, 0.25) is 0 Å². The lowest BCUT2D eigenvalue weighted by Gasteiger charge is -2.21. The molecule has 0 aliphatic heterocycles. The summed E-state index contributed by atoms with van der Waals surface area (Å²) in [6.45, 7) is 5.70. The monoisotopic (exact) mass is 286 g/mol. The number of nitrogens with one attached hydrogen (secondary N) is 1. The van der Waals surface area contributed by atoms with Crippen LogP contribution < -0.4 is 15.0 Å². The van der Waals surface area contributed by atoms with Gasteiger partial charge < -0.3 is 15.0 Å². The number of rotatable bonds is 6. The van der Waals surface area contributed by atoms with Crippen molar-refractivity contribution in [1.82, 2.24) is 9.97 Å². The van der Waals surface area contributed by atoms with E-state index in [1.165, 1.54) is 5.56 Å². The van der Waals surface area contributed by atoms with Gasteiger partial charge in [-0.25, -0.2) is 9.97 Å². The largest absolute Gasteiger partial charge is 0.497 e. The summed E-state index contributed by atoms with van der Waals surface area (Å²) in [6.07, 6.45) is 1.60. The Kier molecular flexibility index (Phi) is 4.98. The molecule has 0 amide bonds. The van der Waals surface area contributed by atoms with Crippen molar-refractivity contribution in [3.05, 3.63) is 41.7 Å².